The number of ether oxygens (including phenoxy) is 1. The molecule has 0 saturated heterocycles. The van der Waals surface area contributed by atoms with Gasteiger partial charge in [-0.25, -0.2) is 9.97 Å². The van der Waals surface area contributed by atoms with Crippen LogP contribution in [0.1, 0.15) is 5.69 Å². The van der Waals surface area contributed by atoms with Crippen LogP contribution in [0.15, 0.2) is 35.1 Å². The number of aromatic nitrogens is 3. The SMILES string of the molecule is Cc1nc(NC(=O)COc2ccc(Br)cc2Cl)sc1-c1nccn1C. The van der Waals surface area contributed by atoms with Gasteiger partial charge in [-0.2, -0.15) is 0 Å². The molecule has 0 spiro atoms. The van der Waals surface area contributed by atoms with Crippen molar-refractivity contribution in [2.24, 2.45) is 7.05 Å². The number of imidazole rings is 1. The fourth-order valence-corrected chi connectivity index (χ4v) is 3.88. The topological polar surface area (TPSA) is 69.0 Å². The third-order valence-electron chi connectivity index (χ3n) is 3.32. The van der Waals surface area contributed by atoms with E-state index in [1.165, 1.54) is 11.3 Å². The minimum atomic E-state index is -0.306. The van der Waals surface area contributed by atoms with Gasteiger partial charge in [0.15, 0.2) is 17.6 Å². The normalized spacial score (nSPS) is 10.7. The van der Waals surface area contributed by atoms with Crippen LogP contribution in [0.25, 0.3) is 10.7 Å². The van der Waals surface area contributed by atoms with Crippen molar-refractivity contribution in [3.05, 3.63) is 45.8 Å². The number of benzene rings is 1. The van der Waals surface area contributed by atoms with Gasteiger partial charge in [0, 0.05) is 23.9 Å². The molecule has 0 radical (unpaired) electrons. The first kappa shape index (κ1) is 17.9. The summed E-state index contributed by atoms with van der Waals surface area (Å²) in [7, 11) is 1.91. The minimum Gasteiger partial charge on any atom is -0.482 e. The van der Waals surface area contributed by atoms with E-state index in [-0.39, 0.29) is 12.5 Å². The Hall–Kier alpha value is -1.90. The van der Waals surface area contributed by atoms with Crippen LogP contribution in [0.5, 0.6) is 5.75 Å². The van der Waals surface area contributed by atoms with Gasteiger partial charge in [-0.15, -0.1) is 0 Å². The summed E-state index contributed by atoms with van der Waals surface area (Å²) in [5, 5.41) is 3.68. The highest BCUT2D eigenvalue weighted by molar-refractivity contribution is 9.10. The largest absolute Gasteiger partial charge is 0.482 e. The zero-order valence-electron chi connectivity index (χ0n) is 13.4. The van der Waals surface area contributed by atoms with E-state index in [9.17, 15) is 4.79 Å². The van der Waals surface area contributed by atoms with Crippen LogP contribution in [-0.4, -0.2) is 27.0 Å². The highest BCUT2D eigenvalue weighted by Crippen LogP contribution is 2.31. The lowest BCUT2D eigenvalue weighted by Crippen LogP contribution is -2.20. The lowest BCUT2D eigenvalue weighted by atomic mass is 10.3. The monoisotopic (exact) mass is 440 g/mol. The summed E-state index contributed by atoms with van der Waals surface area (Å²) in [4.78, 5) is 21.7. The van der Waals surface area contributed by atoms with E-state index in [2.05, 4.69) is 31.2 Å². The van der Waals surface area contributed by atoms with Crippen LogP contribution < -0.4 is 10.1 Å². The average Bonchev–Trinajstić information content (AvgIpc) is 3.11. The number of thiazole rings is 1. The van der Waals surface area contributed by atoms with E-state index < -0.39 is 0 Å². The predicted octanol–water partition coefficient (Wildman–Crippen LogP) is 4.29. The number of rotatable bonds is 5. The smallest absolute Gasteiger partial charge is 0.264 e. The van der Waals surface area contributed by atoms with E-state index in [0.717, 1.165) is 20.9 Å². The van der Waals surface area contributed by atoms with E-state index in [1.54, 1.807) is 24.4 Å². The number of hydrogen-bond acceptors (Lipinski definition) is 5. The third-order valence-corrected chi connectivity index (χ3v) is 5.18. The number of nitrogens with zero attached hydrogens (tertiary/aromatic N) is 3. The number of aryl methyl sites for hydroxylation is 2. The molecule has 1 aromatic carbocycles. The molecule has 0 aliphatic rings. The molecule has 0 atom stereocenters. The fraction of sp³-hybridized carbons (Fsp3) is 0.188. The number of carbonyl (C=O) groups excluding carboxylic acids is 1. The first-order chi connectivity index (χ1) is 11.9. The average molecular weight is 442 g/mol. The lowest BCUT2D eigenvalue weighted by Gasteiger charge is -2.07. The molecule has 2 heterocycles. The molecule has 0 bridgehead atoms. The molecule has 130 valence electrons. The Balaban J connectivity index is 1.64. The number of amides is 1. The molecule has 9 heteroatoms. The summed E-state index contributed by atoms with van der Waals surface area (Å²) >= 11 is 10.8. The van der Waals surface area contributed by atoms with Crippen LogP contribution >= 0.6 is 38.9 Å². The highest BCUT2D eigenvalue weighted by atomic mass is 79.9. The Bertz CT molecular complexity index is 925. The molecule has 0 saturated carbocycles. The molecule has 0 unspecified atom stereocenters. The molecule has 3 rings (SSSR count). The highest BCUT2D eigenvalue weighted by Gasteiger charge is 2.15. The van der Waals surface area contributed by atoms with Crippen LogP contribution in [-0.2, 0) is 11.8 Å². The van der Waals surface area contributed by atoms with Crippen molar-refractivity contribution >= 4 is 49.9 Å². The summed E-state index contributed by atoms with van der Waals surface area (Å²) < 4.78 is 8.20. The zero-order valence-corrected chi connectivity index (χ0v) is 16.6. The number of carbonyl (C=O) groups is 1. The Morgan fingerprint density at radius 3 is 2.96 bits per heavy atom. The van der Waals surface area contributed by atoms with Crippen molar-refractivity contribution in [2.75, 3.05) is 11.9 Å². The maximum absolute atomic E-state index is 12.1. The van der Waals surface area contributed by atoms with Crippen LogP contribution in [0.4, 0.5) is 5.13 Å². The standard InChI is InChI=1S/C16H14BrClN4O2S/c1-9-14(15-19-5-6-22(15)2)25-16(20-9)21-13(23)8-24-12-4-3-10(17)7-11(12)18/h3-7H,8H2,1-2H3,(H,20,21,23). The van der Waals surface area contributed by atoms with Crippen LogP contribution in [0.2, 0.25) is 5.02 Å². The molecule has 0 aliphatic carbocycles. The van der Waals surface area contributed by atoms with Crippen molar-refractivity contribution in [1.29, 1.82) is 0 Å². The molecular formula is C16H14BrClN4O2S. The van der Waals surface area contributed by atoms with Crippen LogP contribution in [0.3, 0.4) is 0 Å². The van der Waals surface area contributed by atoms with Crippen molar-refractivity contribution in [2.45, 2.75) is 6.92 Å². The molecule has 0 aliphatic heterocycles. The van der Waals surface area contributed by atoms with Gasteiger partial charge in [-0.3, -0.25) is 10.1 Å². The van der Waals surface area contributed by atoms with Crippen molar-refractivity contribution in [1.82, 2.24) is 14.5 Å². The lowest BCUT2D eigenvalue weighted by molar-refractivity contribution is -0.118. The first-order valence-electron chi connectivity index (χ1n) is 7.27. The second-order valence-electron chi connectivity index (χ2n) is 5.21. The van der Waals surface area contributed by atoms with Gasteiger partial charge in [-0.1, -0.05) is 38.9 Å². The Labute approximate surface area is 161 Å². The summed E-state index contributed by atoms with van der Waals surface area (Å²) in [6, 6.07) is 5.20. The van der Waals surface area contributed by atoms with Gasteiger partial charge in [0.05, 0.1) is 15.6 Å². The van der Waals surface area contributed by atoms with Gasteiger partial charge in [0.25, 0.3) is 5.91 Å². The minimum absolute atomic E-state index is 0.155. The molecule has 6 nitrogen and oxygen atoms in total. The van der Waals surface area contributed by atoms with E-state index in [1.807, 2.05) is 24.7 Å². The number of nitrogens with one attached hydrogen (secondary N) is 1. The Kier molecular flexibility index (Phi) is 5.41. The summed E-state index contributed by atoms with van der Waals surface area (Å²) in [6.07, 6.45) is 3.59. The summed E-state index contributed by atoms with van der Waals surface area (Å²) in [6.45, 7) is 1.73. The van der Waals surface area contributed by atoms with Gasteiger partial charge < -0.3 is 9.30 Å². The number of halogens is 2. The van der Waals surface area contributed by atoms with E-state index in [0.29, 0.717) is 15.9 Å². The van der Waals surface area contributed by atoms with Crippen molar-refractivity contribution in [3.63, 3.8) is 0 Å². The molecule has 1 N–H and O–H groups in total. The maximum Gasteiger partial charge on any atom is 0.264 e. The molecule has 1 amide bonds. The molecular weight excluding hydrogens is 428 g/mol. The quantitative estimate of drug-likeness (QED) is 0.641. The third kappa shape index (κ3) is 4.20. The number of hydrogen-bond donors (Lipinski definition) is 1. The number of anilines is 1. The molecule has 25 heavy (non-hydrogen) atoms. The second kappa shape index (κ2) is 7.55. The van der Waals surface area contributed by atoms with Gasteiger partial charge in [-0.05, 0) is 25.1 Å². The molecule has 3 aromatic rings. The van der Waals surface area contributed by atoms with Crippen LogP contribution in [0, 0.1) is 6.92 Å². The molecule has 0 fully saturated rings. The van der Waals surface area contributed by atoms with E-state index >= 15 is 0 Å². The summed E-state index contributed by atoms with van der Waals surface area (Å²) in [5.41, 5.74) is 0.812. The van der Waals surface area contributed by atoms with Gasteiger partial charge in [0.1, 0.15) is 5.75 Å². The predicted molar refractivity (Wildman–Crippen MR) is 102 cm³/mol. The summed E-state index contributed by atoms with van der Waals surface area (Å²) in [5.74, 6) is 0.955. The van der Waals surface area contributed by atoms with Crippen molar-refractivity contribution < 1.29 is 9.53 Å². The Morgan fingerprint density at radius 2 is 2.28 bits per heavy atom. The molecule has 2 aromatic heterocycles. The van der Waals surface area contributed by atoms with E-state index in [4.69, 9.17) is 16.3 Å². The van der Waals surface area contributed by atoms with Gasteiger partial charge >= 0.3 is 0 Å². The maximum atomic E-state index is 12.1. The fourth-order valence-electron chi connectivity index (χ4n) is 2.13. The van der Waals surface area contributed by atoms with Gasteiger partial charge in [0.2, 0.25) is 0 Å². The first-order valence-corrected chi connectivity index (χ1v) is 9.25. The zero-order chi connectivity index (χ0) is 18.0. The second-order valence-corrected chi connectivity index (χ2v) is 7.53. The van der Waals surface area contributed by atoms with Crippen molar-refractivity contribution in [3.8, 4) is 16.5 Å². The Morgan fingerprint density at radius 1 is 1.48 bits per heavy atom.